The highest BCUT2D eigenvalue weighted by atomic mass is 16.2. The normalized spacial score (nSPS) is 21.9. The van der Waals surface area contributed by atoms with Gasteiger partial charge >= 0.3 is 0 Å². The molecule has 3 N–H and O–H groups in total. The molecule has 28 heavy (non-hydrogen) atoms. The molecule has 2 aliphatic rings. The Balaban J connectivity index is 1.39. The van der Waals surface area contributed by atoms with Crippen molar-refractivity contribution in [2.24, 2.45) is 5.73 Å². The zero-order chi connectivity index (χ0) is 19.8. The summed E-state index contributed by atoms with van der Waals surface area (Å²) in [4.78, 5) is 39.6. The lowest BCUT2D eigenvalue weighted by atomic mass is 9.95. The lowest BCUT2D eigenvalue weighted by Gasteiger charge is -2.16. The highest BCUT2D eigenvalue weighted by Crippen LogP contribution is 2.27. The van der Waals surface area contributed by atoms with Crippen LogP contribution >= 0.6 is 0 Å². The number of benzene rings is 2. The van der Waals surface area contributed by atoms with Gasteiger partial charge < -0.3 is 11.1 Å². The number of carbonyl (C=O) groups is 3. The van der Waals surface area contributed by atoms with Crippen LogP contribution in [0.25, 0.3) is 0 Å². The molecule has 0 bridgehead atoms. The number of fused-ring (bicyclic) bond motifs is 1. The minimum Gasteiger partial charge on any atom is -0.326 e. The van der Waals surface area contributed by atoms with E-state index < -0.39 is 0 Å². The van der Waals surface area contributed by atoms with Crippen molar-refractivity contribution in [3.63, 3.8) is 0 Å². The van der Waals surface area contributed by atoms with Crippen LogP contribution in [0.15, 0.2) is 48.5 Å². The van der Waals surface area contributed by atoms with Crippen LogP contribution in [0.5, 0.6) is 0 Å². The van der Waals surface area contributed by atoms with E-state index in [1.54, 1.807) is 18.2 Å². The highest BCUT2D eigenvalue weighted by molar-refractivity contribution is 6.21. The molecule has 0 radical (unpaired) electrons. The largest absolute Gasteiger partial charge is 0.326 e. The van der Waals surface area contributed by atoms with E-state index in [4.69, 9.17) is 5.73 Å². The van der Waals surface area contributed by atoms with E-state index in [0.29, 0.717) is 23.4 Å². The van der Waals surface area contributed by atoms with Crippen LogP contribution in [0.4, 0.5) is 5.69 Å². The number of nitrogens with one attached hydrogen (secondary N) is 1. The minimum absolute atomic E-state index is 0.0191. The Morgan fingerprint density at radius 2 is 1.79 bits per heavy atom. The standard InChI is InChI=1S/C21H22N4O3/c1-24-20(27)15-8-7-14(9-16(15)21(24)28)23-19(26)12-25-10-17(18(22)11-25)13-5-3-2-4-6-13/h2-9,17-18H,10-12,22H2,1H3,(H,23,26)/t17-,18+/m0/s1. The Morgan fingerprint density at radius 1 is 1.07 bits per heavy atom. The molecule has 0 aliphatic carbocycles. The van der Waals surface area contributed by atoms with Crippen LogP contribution < -0.4 is 11.1 Å². The van der Waals surface area contributed by atoms with Crippen molar-refractivity contribution in [2.45, 2.75) is 12.0 Å². The number of carbonyl (C=O) groups excluding carboxylic acids is 3. The lowest BCUT2D eigenvalue weighted by molar-refractivity contribution is -0.117. The third kappa shape index (κ3) is 3.30. The SMILES string of the molecule is CN1C(=O)c2ccc(NC(=O)CN3C[C@@H](N)[C@H](c4ccccc4)C3)cc2C1=O. The van der Waals surface area contributed by atoms with Gasteiger partial charge in [0, 0.05) is 37.8 Å². The van der Waals surface area contributed by atoms with Crippen molar-refractivity contribution < 1.29 is 14.4 Å². The molecule has 0 aromatic heterocycles. The molecule has 2 aromatic carbocycles. The predicted octanol–water partition coefficient (Wildman–Crippen LogP) is 1.28. The van der Waals surface area contributed by atoms with Gasteiger partial charge in [-0.3, -0.25) is 24.2 Å². The number of hydrogen-bond acceptors (Lipinski definition) is 5. The van der Waals surface area contributed by atoms with E-state index in [2.05, 4.69) is 17.4 Å². The Bertz CT molecular complexity index is 944. The van der Waals surface area contributed by atoms with Gasteiger partial charge in [0.2, 0.25) is 5.91 Å². The predicted molar refractivity (Wildman–Crippen MR) is 105 cm³/mol. The second-order valence-electron chi connectivity index (χ2n) is 7.35. The van der Waals surface area contributed by atoms with Crippen molar-refractivity contribution in [1.82, 2.24) is 9.80 Å². The van der Waals surface area contributed by atoms with Gasteiger partial charge in [-0.1, -0.05) is 30.3 Å². The average molecular weight is 378 g/mol. The molecule has 144 valence electrons. The summed E-state index contributed by atoms with van der Waals surface area (Å²) in [6, 6.07) is 14.8. The molecule has 7 heteroatoms. The summed E-state index contributed by atoms with van der Waals surface area (Å²) < 4.78 is 0. The van der Waals surface area contributed by atoms with Gasteiger partial charge in [-0.25, -0.2) is 0 Å². The van der Waals surface area contributed by atoms with Gasteiger partial charge in [0.05, 0.1) is 17.7 Å². The minimum atomic E-state index is -0.354. The number of likely N-dealkylation sites (tertiary alicyclic amines) is 1. The first kappa shape index (κ1) is 18.3. The van der Waals surface area contributed by atoms with E-state index in [-0.39, 0.29) is 36.2 Å². The maximum absolute atomic E-state index is 12.5. The Kier molecular flexibility index (Phi) is 4.70. The monoisotopic (exact) mass is 378 g/mol. The molecule has 1 saturated heterocycles. The maximum Gasteiger partial charge on any atom is 0.261 e. The highest BCUT2D eigenvalue weighted by Gasteiger charge is 2.34. The second kappa shape index (κ2) is 7.18. The number of nitrogens with zero attached hydrogens (tertiary/aromatic N) is 2. The fourth-order valence-electron chi connectivity index (χ4n) is 3.94. The van der Waals surface area contributed by atoms with Crippen LogP contribution in [0.1, 0.15) is 32.2 Å². The molecule has 0 spiro atoms. The summed E-state index contributed by atoms with van der Waals surface area (Å²) in [7, 11) is 1.45. The fourth-order valence-corrected chi connectivity index (χ4v) is 3.94. The first-order chi connectivity index (χ1) is 13.4. The quantitative estimate of drug-likeness (QED) is 0.782. The molecule has 0 saturated carbocycles. The average Bonchev–Trinajstić information content (AvgIpc) is 3.15. The summed E-state index contributed by atoms with van der Waals surface area (Å²) in [5.41, 5.74) is 8.65. The molecule has 3 amide bonds. The second-order valence-corrected chi connectivity index (χ2v) is 7.35. The molecular weight excluding hydrogens is 356 g/mol. The Hall–Kier alpha value is -3.03. The van der Waals surface area contributed by atoms with E-state index in [1.165, 1.54) is 12.6 Å². The van der Waals surface area contributed by atoms with Crippen LogP contribution in [0, 0.1) is 0 Å². The molecule has 2 heterocycles. The Labute approximate surface area is 163 Å². The first-order valence-corrected chi connectivity index (χ1v) is 9.23. The van der Waals surface area contributed by atoms with Crippen LogP contribution in [-0.4, -0.2) is 60.2 Å². The smallest absolute Gasteiger partial charge is 0.261 e. The van der Waals surface area contributed by atoms with Gasteiger partial charge in [0.1, 0.15) is 0 Å². The summed E-state index contributed by atoms with van der Waals surface area (Å²) in [5, 5.41) is 2.81. The molecule has 0 unspecified atom stereocenters. The van der Waals surface area contributed by atoms with Crippen molar-refractivity contribution in [3.05, 3.63) is 65.2 Å². The number of amides is 3. The van der Waals surface area contributed by atoms with Crippen LogP contribution in [0.2, 0.25) is 0 Å². The van der Waals surface area contributed by atoms with Crippen molar-refractivity contribution in [2.75, 3.05) is 32.0 Å². The third-order valence-corrected chi connectivity index (χ3v) is 5.41. The van der Waals surface area contributed by atoms with Crippen molar-refractivity contribution in [1.29, 1.82) is 0 Å². The maximum atomic E-state index is 12.5. The summed E-state index contributed by atoms with van der Waals surface area (Å²) >= 11 is 0. The van der Waals surface area contributed by atoms with Crippen LogP contribution in [-0.2, 0) is 4.79 Å². The fraction of sp³-hybridized carbons (Fsp3) is 0.286. The molecule has 1 fully saturated rings. The molecule has 2 aliphatic heterocycles. The number of anilines is 1. The van der Waals surface area contributed by atoms with E-state index in [9.17, 15) is 14.4 Å². The van der Waals surface area contributed by atoms with Gasteiger partial charge in [-0.2, -0.15) is 0 Å². The van der Waals surface area contributed by atoms with Crippen LogP contribution in [0.3, 0.4) is 0 Å². The number of nitrogens with two attached hydrogens (primary N) is 1. The van der Waals surface area contributed by atoms with Gasteiger partial charge in [-0.15, -0.1) is 0 Å². The number of hydrogen-bond donors (Lipinski definition) is 2. The molecule has 7 nitrogen and oxygen atoms in total. The van der Waals surface area contributed by atoms with E-state index >= 15 is 0 Å². The molecular formula is C21H22N4O3. The van der Waals surface area contributed by atoms with Gasteiger partial charge in [-0.05, 0) is 23.8 Å². The van der Waals surface area contributed by atoms with Gasteiger partial charge in [0.15, 0.2) is 0 Å². The van der Waals surface area contributed by atoms with Gasteiger partial charge in [0.25, 0.3) is 11.8 Å². The molecule has 4 rings (SSSR count). The summed E-state index contributed by atoms with van der Waals surface area (Å²) in [6.45, 7) is 1.59. The van der Waals surface area contributed by atoms with E-state index in [0.717, 1.165) is 11.4 Å². The third-order valence-electron chi connectivity index (χ3n) is 5.41. The number of imide groups is 1. The molecule has 2 aromatic rings. The summed E-state index contributed by atoms with van der Waals surface area (Å²) in [5.74, 6) is -0.651. The van der Waals surface area contributed by atoms with E-state index in [1.807, 2.05) is 23.1 Å². The zero-order valence-electron chi connectivity index (χ0n) is 15.6. The Morgan fingerprint density at radius 3 is 2.54 bits per heavy atom. The zero-order valence-corrected chi connectivity index (χ0v) is 15.6. The van der Waals surface area contributed by atoms with Crippen molar-refractivity contribution in [3.8, 4) is 0 Å². The first-order valence-electron chi connectivity index (χ1n) is 9.23. The number of rotatable bonds is 4. The molecule has 2 atom stereocenters. The topological polar surface area (TPSA) is 95.7 Å². The van der Waals surface area contributed by atoms with Crippen molar-refractivity contribution >= 4 is 23.4 Å². The summed E-state index contributed by atoms with van der Waals surface area (Å²) in [6.07, 6.45) is 0. The lowest BCUT2D eigenvalue weighted by Crippen LogP contribution is -2.33.